The second-order valence-electron chi connectivity index (χ2n) is 8.26. The number of amides is 1. The standard InChI is InChI=1S/C22H32N2O3/c1-17-4-6-18(7-5-17)8-9-19-10-13-24(14-11-19)21(25)16-23-12-2-3-20(15-23)22(26)27/h4-7,19-20H,2-3,8-16H2,1H3,(H,26,27). The number of benzene rings is 1. The highest BCUT2D eigenvalue weighted by atomic mass is 16.4. The molecule has 0 aromatic heterocycles. The summed E-state index contributed by atoms with van der Waals surface area (Å²) in [5, 5.41) is 9.19. The molecule has 1 aromatic rings. The fourth-order valence-corrected chi connectivity index (χ4v) is 4.29. The number of nitrogens with zero attached hydrogens (tertiary/aromatic N) is 2. The maximum Gasteiger partial charge on any atom is 0.307 e. The topological polar surface area (TPSA) is 60.9 Å². The molecule has 0 aliphatic carbocycles. The monoisotopic (exact) mass is 372 g/mol. The number of aryl methyl sites for hydroxylation is 2. The lowest BCUT2D eigenvalue weighted by Crippen LogP contribution is -2.47. The number of likely N-dealkylation sites (tertiary alicyclic amines) is 2. The predicted octanol–water partition coefficient (Wildman–Crippen LogP) is 2.96. The Bertz CT molecular complexity index is 635. The molecule has 2 aliphatic rings. The fraction of sp³-hybridized carbons (Fsp3) is 0.636. The summed E-state index contributed by atoms with van der Waals surface area (Å²) in [6.45, 7) is 5.51. The summed E-state index contributed by atoms with van der Waals surface area (Å²) in [7, 11) is 0. The van der Waals surface area contributed by atoms with Crippen LogP contribution < -0.4 is 0 Å². The average molecular weight is 373 g/mol. The SMILES string of the molecule is Cc1ccc(CCC2CCN(C(=O)CN3CCCC(C(=O)O)C3)CC2)cc1. The molecule has 2 aliphatic heterocycles. The number of carbonyl (C=O) groups excluding carboxylic acids is 1. The molecule has 1 amide bonds. The van der Waals surface area contributed by atoms with Crippen molar-refractivity contribution in [2.45, 2.75) is 45.4 Å². The van der Waals surface area contributed by atoms with E-state index in [9.17, 15) is 14.7 Å². The smallest absolute Gasteiger partial charge is 0.307 e. The molecule has 5 heteroatoms. The van der Waals surface area contributed by atoms with Gasteiger partial charge in [-0.3, -0.25) is 14.5 Å². The van der Waals surface area contributed by atoms with Gasteiger partial charge in [0, 0.05) is 19.6 Å². The van der Waals surface area contributed by atoms with Crippen LogP contribution in [0.25, 0.3) is 0 Å². The van der Waals surface area contributed by atoms with Crippen molar-refractivity contribution in [3.05, 3.63) is 35.4 Å². The molecule has 1 aromatic carbocycles. The van der Waals surface area contributed by atoms with Crippen molar-refractivity contribution in [1.29, 1.82) is 0 Å². The van der Waals surface area contributed by atoms with Crippen LogP contribution in [0.2, 0.25) is 0 Å². The van der Waals surface area contributed by atoms with Crippen LogP contribution in [0.1, 0.15) is 43.2 Å². The molecule has 1 N–H and O–H groups in total. The van der Waals surface area contributed by atoms with Crippen molar-refractivity contribution in [3.8, 4) is 0 Å². The lowest BCUT2D eigenvalue weighted by Gasteiger charge is -2.35. The van der Waals surface area contributed by atoms with Gasteiger partial charge in [-0.25, -0.2) is 0 Å². The number of hydrogen-bond donors (Lipinski definition) is 1. The van der Waals surface area contributed by atoms with Crippen LogP contribution >= 0.6 is 0 Å². The van der Waals surface area contributed by atoms with Gasteiger partial charge < -0.3 is 10.0 Å². The summed E-state index contributed by atoms with van der Waals surface area (Å²) in [5.74, 6) is -0.194. The van der Waals surface area contributed by atoms with Crippen LogP contribution in [0.3, 0.4) is 0 Å². The van der Waals surface area contributed by atoms with Gasteiger partial charge in [-0.2, -0.15) is 0 Å². The van der Waals surface area contributed by atoms with E-state index < -0.39 is 5.97 Å². The molecular weight excluding hydrogens is 340 g/mol. The van der Waals surface area contributed by atoms with E-state index in [0.717, 1.165) is 51.7 Å². The molecule has 5 nitrogen and oxygen atoms in total. The van der Waals surface area contributed by atoms with Crippen LogP contribution in [0.4, 0.5) is 0 Å². The molecule has 0 spiro atoms. The second kappa shape index (κ2) is 9.36. The first kappa shape index (κ1) is 19.9. The minimum Gasteiger partial charge on any atom is -0.481 e. The zero-order chi connectivity index (χ0) is 19.2. The highest BCUT2D eigenvalue weighted by Crippen LogP contribution is 2.23. The average Bonchev–Trinajstić information content (AvgIpc) is 2.68. The molecular formula is C22H32N2O3. The fourth-order valence-electron chi connectivity index (χ4n) is 4.29. The van der Waals surface area contributed by atoms with Crippen LogP contribution in [-0.2, 0) is 16.0 Å². The summed E-state index contributed by atoms with van der Waals surface area (Å²) >= 11 is 0. The summed E-state index contributed by atoms with van der Waals surface area (Å²) in [5.41, 5.74) is 2.70. The number of carbonyl (C=O) groups is 2. The molecule has 1 atom stereocenters. The first-order chi connectivity index (χ1) is 13.0. The number of aliphatic carboxylic acids is 1. The molecule has 2 saturated heterocycles. The Kier molecular flexibility index (Phi) is 6.89. The van der Waals surface area contributed by atoms with Gasteiger partial charge in [0.15, 0.2) is 0 Å². The Balaban J connectivity index is 1.38. The van der Waals surface area contributed by atoms with E-state index in [1.54, 1.807) is 0 Å². The van der Waals surface area contributed by atoms with Gasteiger partial charge in [-0.1, -0.05) is 29.8 Å². The van der Waals surface area contributed by atoms with E-state index in [0.29, 0.717) is 19.0 Å². The molecule has 2 heterocycles. The van der Waals surface area contributed by atoms with E-state index in [-0.39, 0.29) is 11.8 Å². The van der Waals surface area contributed by atoms with E-state index in [1.807, 2.05) is 9.80 Å². The predicted molar refractivity (Wildman–Crippen MR) is 106 cm³/mol. The number of piperidine rings is 2. The summed E-state index contributed by atoms with van der Waals surface area (Å²) in [6, 6.07) is 8.78. The van der Waals surface area contributed by atoms with Gasteiger partial charge in [0.05, 0.1) is 12.5 Å². The zero-order valence-corrected chi connectivity index (χ0v) is 16.4. The van der Waals surface area contributed by atoms with E-state index >= 15 is 0 Å². The summed E-state index contributed by atoms with van der Waals surface area (Å²) < 4.78 is 0. The second-order valence-corrected chi connectivity index (χ2v) is 8.26. The zero-order valence-electron chi connectivity index (χ0n) is 16.4. The molecule has 1 unspecified atom stereocenters. The minimum absolute atomic E-state index is 0.165. The van der Waals surface area contributed by atoms with Gasteiger partial charge in [-0.15, -0.1) is 0 Å². The molecule has 0 saturated carbocycles. The molecule has 2 fully saturated rings. The molecule has 0 radical (unpaired) electrons. The van der Waals surface area contributed by atoms with Crippen molar-refractivity contribution in [2.75, 3.05) is 32.7 Å². The number of carboxylic acids is 1. The highest BCUT2D eigenvalue weighted by Gasteiger charge is 2.29. The third kappa shape index (κ3) is 5.80. The Morgan fingerprint density at radius 3 is 2.44 bits per heavy atom. The van der Waals surface area contributed by atoms with Crippen LogP contribution in [0.15, 0.2) is 24.3 Å². The van der Waals surface area contributed by atoms with Crippen molar-refractivity contribution >= 4 is 11.9 Å². The maximum atomic E-state index is 12.6. The van der Waals surface area contributed by atoms with Crippen molar-refractivity contribution in [3.63, 3.8) is 0 Å². The van der Waals surface area contributed by atoms with Gasteiger partial charge >= 0.3 is 5.97 Å². The van der Waals surface area contributed by atoms with Crippen LogP contribution in [-0.4, -0.2) is 59.5 Å². The quantitative estimate of drug-likeness (QED) is 0.834. The molecule has 27 heavy (non-hydrogen) atoms. The van der Waals surface area contributed by atoms with Crippen molar-refractivity contribution in [2.24, 2.45) is 11.8 Å². The van der Waals surface area contributed by atoms with Crippen LogP contribution in [0, 0.1) is 18.8 Å². The highest BCUT2D eigenvalue weighted by molar-refractivity contribution is 5.78. The Morgan fingerprint density at radius 2 is 1.78 bits per heavy atom. The summed E-state index contributed by atoms with van der Waals surface area (Å²) in [6.07, 6.45) is 6.06. The van der Waals surface area contributed by atoms with Crippen molar-refractivity contribution < 1.29 is 14.7 Å². The van der Waals surface area contributed by atoms with E-state index in [2.05, 4.69) is 31.2 Å². The Labute approximate surface area is 162 Å². The number of carboxylic acid groups (broad SMARTS) is 1. The third-order valence-electron chi connectivity index (χ3n) is 6.14. The molecule has 148 valence electrons. The Hall–Kier alpha value is -1.88. The maximum absolute atomic E-state index is 12.6. The minimum atomic E-state index is -0.735. The van der Waals surface area contributed by atoms with Gasteiger partial charge in [0.2, 0.25) is 5.91 Å². The van der Waals surface area contributed by atoms with Crippen LogP contribution in [0.5, 0.6) is 0 Å². The molecule has 0 bridgehead atoms. The first-order valence-corrected chi connectivity index (χ1v) is 10.3. The largest absolute Gasteiger partial charge is 0.481 e. The van der Waals surface area contributed by atoms with Crippen molar-refractivity contribution in [1.82, 2.24) is 9.80 Å². The lowest BCUT2D eigenvalue weighted by molar-refractivity contribution is -0.145. The van der Waals surface area contributed by atoms with Gasteiger partial charge in [0.1, 0.15) is 0 Å². The normalized spacial score (nSPS) is 22.0. The third-order valence-corrected chi connectivity index (χ3v) is 6.14. The lowest BCUT2D eigenvalue weighted by atomic mass is 9.90. The van der Waals surface area contributed by atoms with E-state index in [1.165, 1.54) is 17.5 Å². The Morgan fingerprint density at radius 1 is 1.07 bits per heavy atom. The van der Waals surface area contributed by atoms with Gasteiger partial charge in [-0.05, 0) is 63.5 Å². The van der Waals surface area contributed by atoms with E-state index in [4.69, 9.17) is 0 Å². The van der Waals surface area contributed by atoms with Gasteiger partial charge in [0.25, 0.3) is 0 Å². The first-order valence-electron chi connectivity index (χ1n) is 10.3. The number of hydrogen-bond acceptors (Lipinski definition) is 3. The molecule has 3 rings (SSSR count). The number of rotatable bonds is 6. The summed E-state index contributed by atoms with van der Waals surface area (Å²) in [4.78, 5) is 27.8.